The molecule has 0 aliphatic heterocycles. The van der Waals surface area contributed by atoms with Crippen molar-refractivity contribution in [3.05, 3.63) is 57.6 Å². The Labute approximate surface area is 134 Å². The van der Waals surface area contributed by atoms with E-state index in [9.17, 15) is 10.1 Å². The molecule has 23 heavy (non-hydrogen) atoms. The fraction of sp³-hybridized carbons (Fsp3) is 0.176. The summed E-state index contributed by atoms with van der Waals surface area (Å²) in [4.78, 5) is 10.6. The number of ether oxygens (including phenoxy) is 3. The second kappa shape index (κ2) is 7.31. The second-order valence-electron chi connectivity index (χ2n) is 4.61. The van der Waals surface area contributed by atoms with Crippen molar-refractivity contribution in [2.45, 2.75) is 0 Å². The Balaban J connectivity index is 2.42. The summed E-state index contributed by atoms with van der Waals surface area (Å²) >= 11 is 0. The van der Waals surface area contributed by atoms with Crippen molar-refractivity contribution < 1.29 is 19.1 Å². The summed E-state index contributed by atoms with van der Waals surface area (Å²) in [6, 6.07) is 10.1. The molecule has 2 aromatic carbocycles. The smallest absolute Gasteiger partial charge is 0.276 e. The largest absolute Gasteiger partial charge is 0.493 e. The number of nitrogens with zero attached hydrogens (tertiary/aromatic N) is 1. The average molecular weight is 315 g/mol. The first-order chi connectivity index (χ1) is 11.1. The Bertz CT molecular complexity index is 715. The summed E-state index contributed by atoms with van der Waals surface area (Å²) in [7, 11) is 4.60. The van der Waals surface area contributed by atoms with E-state index in [1.54, 1.807) is 42.5 Å². The van der Waals surface area contributed by atoms with Gasteiger partial charge in [-0.3, -0.25) is 10.1 Å². The van der Waals surface area contributed by atoms with E-state index in [0.717, 1.165) is 5.56 Å². The number of benzene rings is 2. The fourth-order valence-corrected chi connectivity index (χ4v) is 2.18. The van der Waals surface area contributed by atoms with Crippen LogP contribution in [-0.4, -0.2) is 26.3 Å². The van der Waals surface area contributed by atoms with E-state index in [4.69, 9.17) is 14.2 Å². The zero-order valence-electron chi connectivity index (χ0n) is 13.1. The maximum Gasteiger partial charge on any atom is 0.276 e. The Hall–Kier alpha value is -3.02. The summed E-state index contributed by atoms with van der Waals surface area (Å²) in [5.74, 6) is 1.54. The number of nitro groups is 1. The minimum atomic E-state index is -0.408. The summed E-state index contributed by atoms with van der Waals surface area (Å²) < 4.78 is 15.8. The second-order valence-corrected chi connectivity index (χ2v) is 4.61. The molecule has 0 fully saturated rings. The van der Waals surface area contributed by atoms with Gasteiger partial charge in [0.05, 0.1) is 31.8 Å². The molecule has 0 atom stereocenters. The minimum Gasteiger partial charge on any atom is -0.493 e. The normalized spacial score (nSPS) is 10.6. The molecule has 6 heteroatoms. The molecule has 120 valence electrons. The molecule has 2 rings (SSSR count). The lowest BCUT2D eigenvalue weighted by Crippen LogP contribution is -1.95. The van der Waals surface area contributed by atoms with Crippen molar-refractivity contribution in [1.29, 1.82) is 0 Å². The van der Waals surface area contributed by atoms with Crippen molar-refractivity contribution in [2.75, 3.05) is 21.3 Å². The first-order valence-corrected chi connectivity index (χ1v) is 6.82. The van der Waals surface area contributed by atoms with E-state index < -0.39 is 4.92 Å². The highest BCUT2D eigenvalue weighted by atomic mass is 16.6. The van der Waals surface area contributed by atoms with Crippen LogP contribution < -0.4 is 14.2 Å². The molecule has 0 amide bonds. The molecule has 0 aromatic heterocycles. The van der Waals surface area contributed by atoms with Gasteiger partial charge in [0.1, 0.15) is 0 Å². The lowest BCUT2D eigenvalue weighted by atomic mass is 10.1. The van der Waals surface area contributed by atoms with Crippen LogP contribution in [0.5, 0.6) is 17.2 Å². The van der Waals surface area contributed by atoms with Crippen LogP contribution in [0, 0.1) is 10.1 Å². The molecule has 0 heterocycles. The van der Waals surface area contributed by atoms with Crippen LogP contribution in [0.3, 0.4) is 0 Å². The minimum absolute atomic E-state index is 0.0520. The van der Waals surface area contributed by atoms with E-state index >= 15 is 0 Å². The lowest BCUT2D eigenvalue weighted by molar-refractivity contribution is -0.385. The molecular formula is C17H17NO5. The van der Waals surface area contributed by atoms with Crippen LogP contribution in [0.1, 0.15) is 11.1 Å². The van der Waals surface area contributed by atoms with Gasteiger partial charge < -0.3 is 14.2 Å². The summed E-state index contributed by atoms with van der Waals surface area (Å²) in [6.07, 6.45) is 3.44. The van der Waals surface area contributed by atoms with Gasteiger partial charge in [-0.2, -0.15) is 0 Å². The standard InChI is InChI=1S/C17H17NO5/c1-21-15-10-12(11-16(22-2)17(15)23-3)8-9-13-6-4-5-7-14(13)18(19)20/h4-11H,1-3H3/b9-8-. The van der Waals surface area contributed by atoms with Crippen LogP contribution in [-0.2, 0) is 0 Å². The van der Waals surface area contributed by atoms with Crippen LogP contribution >= 0.6 is 0 Å². The molecular weight excluding hydrogens is 298 g/mol. The molecule has 2 aromatic rings. The van der Waals surface area contributed by atoms with Gasteiger partial charge in [-0.05, 0) is 29.8 Å². The Morgan fingerprint density at radius 1 is 0.957 bits per heavy atom. The van der Waals surface area contributed by atoms with Gasteiger partial charge in [0, 0.05) is 6.07 Å². The van der Waals surface area contributed by atoms with Crippen LogP contribution in [0.25, 0.3) is 12.2 Å². The molecule has 0 saturated carbocycles. The molecule has 0 N–H and O–H groups in total. The van der Waals surface area contributed by atoms with Gasteiger partial charge in [-0.15, -0.1) is 0 Å². The maximum atomic E-state index is 11.0. The first-order valence-electron chi connectivity index (χ1n) is 6.82. The molecule has 0 spiro atoms. The topological polar surface area (TPSA) is 70.8 Å². The van der Waals surface area contributed by atoms with Gasteiger partial charge in [-0.25, -0.2) is 0 Å². The van der Waals surface area contributed by atoms with Gasteiger partial charge in [-0.1, -0.05) is 18.2 Å². The van der Waals surface area contributed by atoms with Crippen molar-refractivity contribution in [2.24, 2.45) is 0 Å². The third-order valence-corrected chi connectivity index (χ3v) is 3.28. The van der Waals surface area contributed by atoms with Crippen LogP contribution in [0.15, 0.2) is 36.4 Å². The van der Waals surface area contributed by atoms with E-state index in [0.29, 0.717) is 22.8 Å². The molecule has 0 radical (unpaired) electrons. The van der Waals surface area contributed by atoms with Gasteiger partial charge in [0.15, 0.2) is 11.5 Å². The number of para-hydroxylation sites is 1. The zero-order chi connectivity index (χ0) is 16.8. The van der Waals surface area contributed by atoms with Crippen molar-refractivity contribution in [3.8, 4) is 17.2 Å². The van der Waals surface area contributed by atoms with E-state index in [2.05, 4.69) is 0 Å². The third-order valence-electron chi connectivity index (χ3n) is 3.28. The van der Waals surface area contributed by atoms with Crippen molar-refractivity contribution in [1.82, 2.24) is 0 Å². The van der Waals surface area contributed by atoms with E-state index in [-0.39, 0.29) is 5.69 Å². The van der Waals surface area contributed by atoms with Crippen molar-refractivity contribution >= 4 is 17.8 Å². The summed E-state index contributed by atoms with van der Waals surface area (Å²) in [5, 5.41) is 11.0. The predicted molar refractivity (Wildman–Crippen MR) is 88.1 cm³/mol. The molecule has 0 bridgehead atoms. The molecule has 0 saturated heterocycles. The number of methoxy groups -OCH3 is 3. The van der Waals surface area contributed by atoms with Gasteiger partial charge in [0.2, 0.25) is 5.75 Å². The SMILES string of the molecule is COc1cc(/C=C\c2ccccc2[N+](=O)[O-])cc(OC)c1OC. The Morgan fingerprint density at radius 3 is 2.09 bits per heavy atom. The fourth-order valence-electron chi connectivity index (χ4n) is 2.18. The highest BCUT2D eigenvalue weighted by molar-refractivity contribution is 5.76. The lowest BCUT2D eigenvalue weighted by Gasteiger charge is -2.12. The zero-order valence-corrected chi connectivity index (χ0v) is 13.1. The average Bonchev–Trinajstić information content (AvgIpc) is 2.58. The van der Waals surface area contributed by atoms with Crippen molar-refractivity contribution in [3.63, 3.8) is 0 Å². The highest BCUT2D eigenvalue weighted by Crippen LogP contribution is 2.38. The number of hydrogen-bond acceptors (Lipinski definition) is 5. The number of hydrogen-bond donors (Lipinski definition) is 0. The first kappa shape index (κ1) is 16.4. The van der Waals surface area contributed by atoms with Crippen LogP contribution in [0.2, 0.25) is 0 Å². The Morgan fingerprint density at radius 2 is 1.57 bits per heavy atom. The predicted octanol–water partition coefficient (Wildman–Crippen LogP) is 3.79. The van der Waals surface area contributed by atoms with Gasteiger partial charge in [0.25, 0.3) is 5.69 Å². The number of rotatable bonds is 6. The van der Waals surface area contributed by atoms with E-state index in [1.807, 2.05) is 0 Å². The van der Waals surface area contributed by atoms with E-state index in [1.165, 1.54) is 27.4 Å². The quantitative estimate of drug-likeness (QED) is 0.461. The van der Waals surface area contributed by atoms with Crippen LogP contribution in [0.4, 0.5) is 5.69 Å². The summed E-state index contributed by atoms with van der Waals surface area (Å²) in [6.45, 7) is 0. The summed E-state index contributed by atoms with van der Waals surface area (Å²) in [5.41, 5.74) is 1.35. The maximum absolute atomic E-state index is 11.0. The molecule has 6 nitrogen and oxygen atoms in total. The monoisotopic (exact) mass is 315 g/mol. The highest BCUT2D eigenvalue weighted by Gasteiger charge is 2.13. The third kappa shape index (κ3) is 3.60. The molecule has 0 unspecified atom stereocenters. The Kier molecular flexibility index (Phi) is 5.19. The number of nitro benzene ring substituents is 1. The molecule has 0 aliphatic carbocycles. The van der Waals surface area contributed by atoms with Gasteiger partial charge >= 0.3 is 0 Å². The molecule has 0 aliphatic rings.